The van der Waals surface area contributed by atoms with Crippen LogP contribution in [0, 0.1) is 6.92 Å². The summed E-state index contributed by atoms with van der Waals surface area (Å²) in [5.41, 5.74) is 3.56. The summed E-state index contributed by atoms with van der Waals surface area (Å²) in [6.07, 6.45) is 1.83. The second-order valence-corrected chi connectivity index (χ2v) is 5.08. The fraction of sp³-hybridized carbons (Fsp3) is 0.214. The lowest BCUT2D eigenvalue weighted by atomic mass is 10.2. The molecule has 0 aliphatic carbocycles. The van der Waals surface area contributed by atoms with Gasteiger partial charge in [0.1, 0.15) is 0 Å². The second kappa shape index (κ2) is 5.32. The number of halogens is 1. The van der Waals surface area contributed by atoms with Gasteiger partial charge in [0.25, 0.3) is 0 Å². The van der Waals surface area contributed by atoms with E-state index >= 15 is 0 Å². The van der Waals surface area contributed by atoms with Gasteiger partial charge in [-0.2, -0.15) is 0 Å². The van der Waals surface area contributed by atoms with Crippen molar-refractivity contribution in [2.24, 2.45) is 0 Å². The first-order valence-corrected chi connectivity index (χ1v) is 6.33. The normalized spacial score (nSPS) is 10.3. The molecule has 2 rings (SSSR count). The Morgan fingerprint density at radius 2 is 1.82 bits per heavy atom. The maximum atomic E-state index is 4.37. The van der Waals surface area contributed by atoms with E-state index in [1.54, 1.807) is 0 Å². The van der Waals surface area contributed by atoms with Crippen LogP contribution in [-0.4, -0.2) is 12.0 Å². The van der Waals surface area contributed by atoms with Crippen LogP contribution >= 0.6 is 15.9 Å². The number of benzene rings is 1. The van der Waals surface area contributed by atoms with Crippen molar-refractivity contribution >= 4 is 21.6 Å². The maximum absolute atomic E-state index is 4.37. The highest BCUT2D eigenvalue weighted by Crippen LogP contribution is 2.16. The van der Waals surface area contributed by atoms with E-state index in [2.05, 4.69) is 64.1 Å². The number of aryl methyl sites for hydroxylation is 1. The fourth-order valence-corrected chi connectivity index (χ4v) is 1.87. The van der Waals surface area contributed by atoms with Crippen molar-refractivity contribution in [1.29, 1.82) is 0 Å². The zero-order valence-electron chi connectivity index (χ0n) is 10.0. The second-order valence-electron chi connectivity index (χ2n) is 4.16. The van der Waals surface area contributed by atoms with E-state index in [9.17, 15) is 0 Å². The third-order valence-electron chi connectivity index (χ3n) is 2.66. The van der Waals surface area contributed by atoms with Crippen LogP contribution in [0.2, 0.25) is 0 Å². The summed E-state index contributed by atoms with van der Waals surface area (Å²) >= 11 is 3.39. The highest BCUT2D eigenvalue weighted by Gasteiger charge is 2.02. The van der Waals surface area contributed by atoms with Gasteiger partial charge in [0.05, 0.1) is 12.2 Å². The van der Waals surface area contributed by atoms with Crippen LogP contribution in [0.15, 0.2) is 47.1 Å². The van der Waals surface area contributed by atoms with E-state index < -0.39 is 0 Å². The summed E-state index contributed by atoms with van der Waals surface area (Å²) in [6.45, 7) is 2.91. The molecule has 2 nitrogen and oxygen atoms in total. The summed E-state index contributed by atoms with van der Waals surface area (Å²) in [5, 5.41) is 0. The minimum atomic E-state index is 0.816. The Morgan fingerprint density at radius 1 is 1.12 bits per heavy atom. The predicted molar refractivity (Wildman–Crippen MR) is 75.2 cm³/mol. The molecule has 0 N–H and O–H groups in total. The lowest BCUT2D eigenvalue weighted by Gasteiger charge is -2.19. The Balaban J connectivity index is 2.08. The first-order valence-electron chi connectivity index (χ1n) is 5.53. The van der Waals surface area contributed by atoms with Gasteiger partial charge in [-0.05, 0) is 47.1 Å². The minimum absolute atomic E-state index is 0.816. The van der Waals surface area contributed by atoms with Crippen LogP contribution in [0.4, 0.5) is 5.69 Å². The van der Waals surface area contributed by atoms with Crippen LogP contribution in [-0.2, 0) is 6.54 Å². The van der Waals surface area contributed by atoms with Crippen LogP contribution in [0.5, 0.6) is 0 Å². The molecule has 0 aliphatic rings. The molecule has 0 saturated heterocycles. The summed E-state index contributed by atoms with van der Waals surface area (Å²) in [5.74, 6) is 0. The number of aromatic nitrogens is 1. The summed E-state index contributed by atoms with van der Waals surface area (Å²) in [6, 6.07) is 12.6. The van der Waals surface area contributed by atoms with Gasteiger partial charge in [0.15, 0.2) is 0 Å². The third-order valence-corrected chi connectivity index (χ3v) is 3.13. The standard InChI is InChI=1S/C14H15BrN2/c1-11-3-7-14(8-4-11)17(2)10-13-6-5-12(15)9-16-13/h3-9H,10H2,1-2H3. The number of anilines is 1. The maximum Gasteiger partial charge on any atom is 0.0598 e. The molecule has 0 atom stereocenters. The summed E-state index contributed by atoms with van der Waals surface area (Å²) < 4.78 is 1.01. The van der Waals surface area contributed by atoms with E-state index in [-0.39, 0.29) is 0 Å². The third kappa shape index (κ3) is 3.30. The molecular weight excluding hydrogens is 276 g/mol. The summed E-state index contributed by atoms with van der Waals surface area (Å²) in [4.78, 5) is 6.56. The van der Waals surface area contributed by atoms with Crippen molar-refractivity contribution in [1.82, 2.24) is 4.98 Å². The number of rotatable bonds is 3. The molecule has 0 spiro atoms. The Kier molecular flexibility index (Phi) is 3.79. The molecular formula is C14H15BrN2. The monoisotopic (exact) mass is 290 g/mol. The lowest BCUT2D eigenvalue weighted by Crippen LogP contribution is -2.16. The highest BCUT2D eigenvalue weighted by molar-refractivity contribution is 9.10. The molecule has 1 aromatic heterocycles. The van der Waals surface area contributed by atoms with Crippen molar-refractivity contribution in [2.75, 3.05) is 11.9 Å². The van der Waals surface area contributed by atoms with Gasteiger partial charge in [-0.25, -0.2) is 0 Å². The first kappa shape index (κ1) is 12.1. The first-order chi connectivity index (χ1) is 8.15. The zero-order valence-corrected chi connectivity index (χ0v) is 11.6. The Bertz CT molecular complexity index is 477. The van der Waals surface area contributed by atoms with E-state index in [1.807, 2.05) is 18.3 Å². The predicted octanol–water partition coefficient (Wildman–Crippen LogP) is 3.79. The van der Waals surface area contributed by atoms with Gasteiger partial charge in [0, 0.05) is 23.4 Å². The lowest BCUT2D eigenvalue weighted by molar-refractivity contribution is 0.883. The smallest absolute Gasteiger partial charge is 0.0598 e. The Hall–Kier alpha value is -1.35. The van der Waals surface area contributed by atoms with Crippen molar-refractivity contribution in [3.63, 3.8) is 0 Å². The Labute approximate surface area is 110 Å². The van der Waals surface area contributed by atoms with Crippen molar-refractivity contribution in [2.45, 2.75) is 13.5 Å². The van der Waals surface area contributed by atoms with Crippen LogP contribution in [0.25, 0.3) is 0 Å². The van der Waals surface area contributed by atoms with Gasteiger partial charge in [-0.3, -0.25) is 4.98 Å². The summed E-state index contributed by atoms with van der Waals surface area (Å²) in [7, 11) is 2.08. The molecule has 0 saturated carbocycles. The molecule has 0 unspecified atom stereocenters. The largest absolute Gasteiger partial charge is 0.369 e. The molecule has 0 fully saturated rings. The van der Waals surface area contributed by atoms with Crippen LogP contribution in [0.1, 0.15) is 11.3 Å². The molecule has 3 heteroatoms. The molecule has 0 aliphatic heterocycles. The van der Waals surface area contributed by atoms with E-state index in [0.717, 1.165) is 16.7 Å². The minimum Gasteiger partial charge on any atom is -0.369 e. The van der Waals surface area contributed by atoms with E-state index in [4.69, 9.17) is 0 Å². The van der Waals surface area contributed by atoms with E-state index in [0.29, 0.717) is 0 Å². The molecule has 2 aromatic rings. The van der Waals surface area contributed by atoms with Crippen molar-refractivity contribution in [3.8, 4) is 0 Å². The number of nitrogens with zero attached hydrogens (tertiary/aromatic N) is 2. The number of hydrogen-bond acceptors (Lipinski definition) is 2. The Morgan fingerprint density at radius 3 is 2.41 bits per heavy atom. The quantitative estimate of drug-likeness (QED) is 0.855. The topological polar surface area (TPSA) is 16.1 Å². The molecule has 1 aromatic carbocycles. The van der Waals surface area contributed by atoms with Gasteiger partial charge in [-0.1, -0.05) is 17.7 Å². The average Bonchev–Trinajstić information content (AvgIpc) is 2.33. The molecule has 88 valence electrons. The highest BCUT2D eigenvalue weighted by atomic mass is 79.9. The molecule has 0 bridgehead atoms. The van der Waals surface area contributed by atoms with Gasteiger partial charge in [-0.15, -0.1) is 0 Å². The number of hydrogen-bond donors (Lipinski definition) is 0. The fourth-order valence-electron chi connectivity index (χ4n) is 1.63. The molecule has 0 radical (unpaired) electrons. The molecule has 0 amide bonds. The van der Waals surface area contributed by atoms with Gasteiger partial charge >= 0.3 is 0 Å². The molecule has 1 heterocycles. The van der Waals surface area contributed by atoms with Crippen LogP contribution < -0.4 is 4.90 Å². The average molecular weight is 291 g/mol. The van der Waals surface area contributed by atoms with Crippen LogP contribution in [0.3, 0.4) is 0 Å². The molecule has 17 heavy (non-hydrogen) atoms. The van der Waals surface area contributed by atoms with E-state index in [1.165, 1.54) is 11.3 Å². The van der Waals surface area contributed by atoms with Gasteiger partial charge in [0.2, 0.25) is 0 Å². The van der Waals surface area contributed by atoms with Crippen molar-refractivity contribution in [3.05, 3.63) is 58.3 Å². The number of pyridine rings is 1. The SMILES string of the molecule is Cc1ccc(N(C)Cc2ccc(Br)cn2)cc1. The zero-order chi connectivity index (χ0) is 12.3. The van der Waals surface area contributed by atoms with Crippen molar-refractivity contribution < 1.29 is 0 Å². The van der Waals surface area contributed by atoms with Gasteiger partial charge < -0.3 is 4.90 Å².